The van der Waals surface area contributed by atoms with Crippen LogP contribution in [0.25, 0.3) is 0 Å². The molecule has 1 N–H and O–H groups in total. The maximum atomic E-state index is 12.1. The van der Waals surface area contributed by atoms with Crippen LogP contribution in [0.1, 0.15) is 37.8 Å². The van der Waals surface area contributed by atoms with Gasteiger partial charge in [-0.05, 0) is 56.0 Å². The van der Waals surface area contributed by atoms with Crippen LogP contribution < -0.4 is 15.0 Å². The number of carbonyl (C=O) groups excluding carboxylic acids is 1. The van der Waals surface area contributed by atoms with Crippen molar-refractivity contribution in [2.75, 3.05) is 29.9 Å². The van der Waals surface area contributed by atoms with Crippen molar-refractivity contribution in [2.24, 2.45) is 0 Å². The molecule has 140 valence electrons. The summed E-state index contributed by atoms with van der Waals surface area (Å²) in [6.07, 6.45) is 3.86. The number of carbonyl (C=O) groups is 1. The number of pyridine rings is 1. The fourth-order valence-corrected chi connectivity index (χ4v) is 2.75. The van der Waals surface area contributed by atoms with Crippen molar-refractivity contribution in [3.8, 4) is 5.75 Å². The topological polar surface area (TPSA) is 54.5 Å². The predicted octanol–water partition coefficient (Wildman–Crippen LogP) is 4.34. The minimum absolute atomic E-state index is 0.0240. The number of nitrogens with one attached hydrogen (secondary N) is 1. The van der Waals surface area contributed by atoms with E-state index in [0.717, 1.165) is 48.6 Å². The number of aryl methyl sites for hydroxylation is 1. The highest BCUT2D eigenvalue weighted by molar-refractivity contribution is 5.91. The average molecular weight is 355 g/mol. The molecular formula is C21H29N3O2. The molecule has 5 heteroatoms. The van der Waals surface area contributed by atoms with Gasteiger partial charge in [-0.25, -0.2) is 4.98 Å². The maximum absolute atomic E-state index is 12.1. The zero-order valence-corrected chi connectivity index (χ0v) is 16.2. The molecule has 0 bridgehead atoms. The summed E-state index contributed by atoms with van der Waals surface area (Å²) >= 11 is 0. The molecule has 1 aromatic carbocycles. The first kappa shape index (κ1) is 19.8. The molecule has 0 unspecified atom stereocenters. The highest BCUT2D eigenvalue weighted by atomic mass is 16.5. The Morgan fingerprint density at radius 2 is 1.85 bits per heavy atom. The molecule has 0 spiro atoms. The van der Waals surface area contributed by atoms with Gasteiger partial charge in [0.05, 0.1) is 11.9 Å². The molecule has 0 radical (unpaired) electrons. The first-order chi connectivity index (χ1) is 12.5. The van der Waals surface area contributed by atoms with Crippen LogP contribution in [0.3, 0.4) is 0 Å². The van der Waals surface area contributed by atoms with E-state index in [9.17, 15) is 4.79 Å². The van der Waals surface area contributed by atoms with Crippen molar-refractivity contribution in [1.29, 1.82) is 0 Å². The van der Waals surface area contributed by atoms with E-state index in [0.29, 0.717) is 5.69 Å². The summed E-state index contributed by atoms with van der Waals surface area (Å²) in [4.78, 5) is 18.9. The summed E-state index contributed by atoms with van der Waals surface area (Å²) in [6.45, 7) is 10.3. The molecule has 0 saturated heterocycles. The van der Waals surface area contributed by atoms with Crippen LogP contribution in [-0.4, -0.2) is 30.6 Å². The van der Waals surface area contributed by atoms with Crippen LogP contribution in [0, 0.1) is 13.8 Å². The molecule has 0 fully saturated rings. The standard InChI is InChI=1S/C21H29N3O2/c1-5-12-24(13-6-2)20-11-10-18(14-22-20)23-21(25)15-26-19-9-7-8-16(3)17(19)4/h7-11,14H,5-6,12-13,15H2,1-4H3,(H,23,25). The quantitative estimate of drug-likeness (QED) is 0.727. The zero-order valence-electron chi connectivity index (χ0n) is 16.2. The molecule has 1 amide bonds. The lowest BCUT2D eigenvalue weighted by Gasteiger charge is -2.22. The summed E-state index contributed by atoms with van der Waals surface area (Å²) in [7, 11) is 0. The third-order valence-electron chi connectivity index (χ3n) is 4.26. The molecule has 1 heterocycles. The van der Waals surface area contributed by atoms with Crippen LogP contribution in [-0.2, 0) is 4.79 Å². The minimum atomic E-state index is -0.195. The molecule has 0 aliphatic carbocycles. The van der Waals surface area contributed by atoms with Gasteiger partial charge in [-0.1, -0.05) is 26.0 Å². The molecular weight excluding hydrogens is 326 g/mol. The predicted molar refractivity (Wildman–Crippen MR) is 107 cm³/mol. The van der Waals surface area contributed by atoms with Gasteiger partial charge >= 0.3 is 0 Å². The number of amides is 1. The van der Waals surface area contributed by atoms with E-state index in [1.54, 1.807) is 6.20 Å². The van der Waals surface area contributed by atoms with E-state index in [1.165, 1.54) is 0 Å². The highest BCUT2D eigenvalue weighted by Gasteiger charge is 2.09. The van der Waals surface area contributed by atoms with Crippen molar-refractivity contribution < 1.29 is 9.53 Å². The fourth-order valence-electron chi connectivity index (χ4n) is 2.75. The zero-order chi connectivity index (χ0) is 18.9. The molecule has 0 atom stereocenters. The third-order valence-corrected chi connectivity index (χ3v) is 4.26. The van der Waals surface area contributed by atoms with Crippen molar-refractivity contribution in [3.63, 3.8) is 0 Å². The smallest absolute Gasteiger partial charge is 0.262 e. The Bertz CT molecular complexity index is 708. The van der Waals surface area contributed by atoms with Crippen molar-refractivity contribution in [1.82, 2.24) is 4.98 Å². The van der Waals surface area contributed by atoms with Gasteiger partial charge in [0.15, 0.2) is 6.61 Å². The Morgan fingerprint density at radius 3 is 2.46 bits per heavy atom. The van der Waals surface area contributed by atoms with Gasteiger partial charge in [0, 0.05) is 13.1 Å². The van der Waals surface area contributed by atoms with Gasteiger partial charge in [-0.15, -0.1) is 0 Å². The Hall–Kier alpha value is -2.56. The lowest BCUT2D eigenvalue weighted by Crippen LogP contribution is -2.26. The Labute approximate surface area is 156 Å². The molecule has 26 heavy (non-hydrogen) atoms. The summed E-state index contributed by atoms with van der Waals surface area (Å²) in [5.41, 5.74) is 2.88. The Kier molecular flexibility index (Phi) is 7.45. The number of aromatic nitrogens is 1. The van der Waals surface area contributed by atoms with Crippen molar-refractivity contribution in [3.05, 3.63) is 47.7 Å². The van der Waals surface area contributed by atoms with Crippen LogP contribution in [0.4, 0.5) is 11.5 Å². The van der Waals surface area contributed by atoms with Gasteiger partial charge in [0.25, 0.3) is 5.91 Å². The van der Waals surface area contributed by atoms with E-state index in [-0.39, 0.29) is 12.5 Å². The highest BCUT2D eigenvalue weighted by Crippen LogP contribution is 2.20. The van der Waals surface area contributed by atoms with Gasteiger partial charge < -0.3 is 15.0 Å². The van der Waals surface area contributed by atoms with Gasteiger partial charge in [-0.3, -0.25) is 4.79 Å². The van der Waals surface area contributed by atoms with E-state index in [2.05, 4.69) is 29.0 Å². The van der Waals surface area contributed by atoms with Crippen LogP contribution in [0.2, 0.25) is 0 Å². The summed E-state index contributed by atoms with van der Waals surface area (Å²) in [5.74, 6) is 1.49. The summed E-state index contributed by atoms with van der Waals surface area (Å²) < 4.78 is 5.64. The monoisotopic (exact) mass is 355 g/mol. The minimum Gasteiger partial charge on any atom is -0.483 e. The SMILES string of the molecule is CCCN(CCC)c1ccc(NC(=O)COc2cccc(C)c2C)cn1. The maximum Gasteiger partial charge on any atom is 0.262 e. The molecule has 5 nitrogen and oxygen atoms in total. The molecule has 0 aliphatic rings. The summed E-state index contributed by atoms with van der Waals surface area (Å²) in [6, 6.07) is 9.66. The third kappa shape index (κ3) is 5.48. The first-order valence-electron chi connectivity index (χ1n) is 9.25. The molecule has 0 aliphatic heterocycles. The van der Waals surface area contributed by atoms with E-state index in [1.807, 2.05) is 44.2 Å². The van der Waals surface area contributed by atoms with E-state index >= 15 is 0 Å². The molecule has 2 rings (SSSR count). The molecule has 2 aromatic rings. The average Bonchev–Trinajstić information content (AvgIpc) is 2.63. The lowest BCUT2D eigenvalue weighted by molar-refractivity contribution is -0.118. The largest absolute Gasteiger partial charge is 0.483 e. The number of benzene rings is 1. The number of ether oxygens (including phenoxy) is 1. The number of rotatable bonds is 9. The Balaban J connectivity index is 1.91. The Morgan fingerprint density at radius 1 is 1.12 bits per heavy atom. The lowest BCUT2D eigenvalue weighted by atomic mass is 10.1. The second-order valence-electron chi connectivity index (χ2n) is 6.43. The number of hydrogen-bond donors (Lipinski definition) is 1. The van der Waals surface area contributed by atoms with E-state index in [4.69, 9.17) is 4.74 Å². The number of anilines is 2. The van der Waals surface area contributed by atoms with Crippen LogP contribution in [0.5, 0.6) is 5.75 Å². The number of hydrogen-bond acceptors (Lipinski definition) is 4. The van der Waals surface area contributed by atoms with Gasteiger partial charge in [0.2, 0.25) is 0 Å². The van der Waals surface area contributed by atoms with E-state index < -0.39 is 0 Å². The van der Waals surface area contributed by atoms with Gasteiger partial charge in [0.1, 0.15) is 11.6 Å². The number of nitrogens with zero attached hydrogens (tertiary/aromatic N) is 2. The van der Waals surface area contributed by atoms with Crippen LogP contribution in [0.15, 0.2) is 36.5 Å². The normalized spacial score (nSPS) is 10.5. The van der Waals surface area contributed by atoms with Gasteiger partial charge in [-0.2, -0.15) is 0 Å². The second-order valence-corrected chi connectivity index (χ2v) is 6.43. The van der Waals surface area contributed by atoms with Crippen molar-refractivity contribution >= 4 is 17.4 Å². The van der Waals surface area contributed by atoms with Crippen molar-refractivity contribution in [2.45, 2.75) is 40.5 Å². The fraction of sp³-hybridized carbons (Fsp3) is 0.429. The molecule has 0 saturated carbocycles. The molecule has 1 aromatic heterocycles. The first-order valence-corrected chi connectivity index (χ1v) is 9.25. The summed E-state index contributed by atoms with van der Waals surface area (Å²) in [5, 5.41) is 2.83. The second kappa shape index (κ2) is 9.80. The van der Waals surface area contributed by atoms with Crippen LogP contribution >= 0.6 is 0 Å².